The largest absolute Gasteiger partial charge is 0.399 e. The standard InChI is InChI=1S/3C7H9N.C6H7N/c3*1-6-4-2-3-5-7(6)8;7-6-4-2-1-3-5-6/h3*2-5H,8H2,1H3;1-5H,7H2. The summed E-state index contributed by atoms with van der Waals surface area (Å²) in [5.74, 6) is 0. The molecule has 0 bridgehead atoms. The van der Waals surface area contributed by atoms with Crippen LogP contribution in [0.2, 0.25) is 0 Å². The third-order valence-corrected chi connectivity index (χ3v) is 4.36. The number of rotatable bonds is 0. The molecule has 0 aliphatic carbocycles. The molecule has 0 unspecified atom stereocenters. The molecular formula is C27H34N4. The average molecular weight is 415 g/mol. The Morgan fingerprint density at radius 2 is 0.613 bits per heavy atom. The molecule has 0 radical (unpaired) electrons. The molecule has 8 N–H and O–H groups in total. The van der Waals surface area contributed by atoms with Crippen LogP contribution in [0.15, 0.2) is 103 Å². The summed E-state index contributed by atoms with van der Waals surface area (Å²) < 4.78 is 0. The number of nitrogens with two attached hydrogens (primary N) is 4. The van der Waals surface area contributed by atoms with Crippen molar-refractivity contribution in [2.75, 3.05) is 22.9 Å². The zero-order valence-electron chi connectivity index (χ0n) is 18.6. The highest BCUT2D eigenvalue weighted by atomic mass is 14.6. The van der Waals surface area contributed by atoms with Crippen molar-refractivity contribution in [1.29, 1.82) is 0 Å². The average Bonchev–Trinajstić information content (AvgIpc) is 2.77. The Balaban J connectivity index is 0.000000207. The third kappa shape index (κ3) is 11.0. The van der Waals surface area contributed by atoms with Crippen molar-refractivity contribution >= 4 is 22.7 Å². The number of benzene rings is 4. The molecule has 0 saturated heterocycles. The maximum atomic E-state index is 5.52. The summed E-state index contributed by atoms with van der Waals surface area (Å²) in [6, 6.07) is 32.9. The maximum Gasteiger partial charge on any atom is 0.0343 e. The summed E-state index contributed by atoms with van der Waals surface area (Å²) in [6.45, 7) is 5.99. The molecule has 0 spiro atoms. The van der Waals surface area contributed by atoms with E-state index in [9.17, 15) is 0 Å². The fraction of sp³-hybridized carbons (Fsp3) is 0.111. The van der Waals surface area contributed by atoms with Gasteiger partial charge in [-0.15, -0.1) is 0 Å². The van der Waals surface area contributed by atoms with E-state index in [1.165, 1.54) is 0 Å². The van der Waals surface area contributed by atoms with Crippen LogP contribution in [-0.4, -0.2) is 0 Å². The first-order valence-electron chi connectivity index (χ1n) is 10.0. The van der Waals surface area contributed by atoms with Crippen LogP contribution in [0.3, 0.4) is 0 Å². The van der Waals surface area contributed by atoms with Crippen molar-refractivity contribution in [3.05, 3.63) is 120 Å². The number of hydrogen-bond acceptors (Lipinski definition) is 4. The van der Waals surface area contributed by atoms with E-state index >= 15 is 0 Å². The fourth-order valence-electron chi connectivity index (χ4n) is 2.21. The van der Waals surface area contributed by atoms with Crippen molar-refractivity contribution in [1.82, 2.24) is 0 Å². The van der Waals surface area contributed by atoms with Gasteiger partial charge >= 0.3 is 0 Å². The van der Waals surface area contributed by atoms with Crippen molar-refractivity contribution in [2.24, 2.45) is 0 Å². The Hall–Kier alpha value is -3.92. The normalized spacial score (nSPS) is 9.00. The van der Waals surface area contributed by atoms with Crippen LogP contribution in [0.1, 0.15) is 16.7 Å². The van der Waals surface area contributed by atoms with Crippen LogP contribution in [0, 0.1) is 20.8 Å². The van der Waals surface area contributed by atoms with Crippen LogP contribution < -0.4 is 22.9 Å². The van der Waals surface area contributed by atoms with E-state index in [0.29, 0.717) is 0 Å². The highest BCUT2D eigenvalue weighted by molar-refractivity contribution is 5.46. The van der Waals surface area contributed by atoms with Gasteiger partial charge in [0.25, 0.3) is 0 Å². The third-order valence-electron chi connectivity index (χ3n) is 4.36. The minimum absolute atomic E-state index is 0.822. The molecule has 4 aromatic carbocycles. The molecule has 4 heteroatoms. The van der Waals surface area contributed by atoms with E-state index in [-0.39, 0.29) is 0 Å². The molecule has 0 aliphatic rings. The van der Waals surface area contributed by atoms with Gasteiger partial charge in [0.1, 0.15) is 0 Å². The second-order valence-corrected chi connectivity index (χ2v) is 6.98. The van der Waals surface area contributed by atoms with Crippen molar-refractivity contribution < 1.29 is 0 Å². The number of anilines is 4. The van der Waals surface area contributed by atoms with Crippen LogP contribution >= 0.6 is 0 Å². The first kappa shape index (κ1) is 25.1. The van der Waals surface area contributed by atoms with Gasteiger partial charge in [0.05, 0.1) is 0 Å². The molecule has 4 nitrogen and oxygen atoms in total. The van der Waals surface area contributed by atoms with Crippen molar-refractivity contribution in [3.8, 4) is 0 Å². The summed E-state index contributed by atoms with van der Waals surface area (Å²) in [5.41, 5.74) is 28.8. The number of para-hydroxylation sites is 4. The van der Waals surface area contributed by atoms with Gasteiger partial charge in [-0.1, -0.05) is 72.8 Å². The van der Waals surface area contributed by atoms with Crippen LogP contribution in [0.25, 0.3) is 0 Å². The Bertz CT molecular complexity index is 848. The zero-order valence-corrected chi connectivity index (χ0v) is 18.6. The van der Waals surface area contributed by atoms with Crippen LogP contribution in [0.4, 0.5) is 22.7 Å². The lowest BCUT2D eigenvalue weighted by Crippen LogP contribution is -1.85. The summed E-state index contributed by atoms with van der Waals surface area (Å²) in [7, 11) is 0. The van der Waals surface area contributed by atoms with E-state index in [1.807, 2.05) is 124 Å². The lowest BCUT2D eigenvalue weighted by molar-refractivity contribution is 1.47. The van der Waals surface area contributed by atoms with Gasteiger partial charge in [-0.3, -0.25) is 0 Å². The highest BCUT2D eigenvalue weighted by Crippen LogP contribution is 2.07. The monoisotopic (exact) mass is 414 g/mol. The fourth-order valence-corrected chi connectivity index (χ4v) is 2.21. The van der Waals surface area contributed by atoms with E-state index in [0.717, 1.165) is 39.4 Å². The van der Waals surface area contributed by atoms with Gasteiger partial charge in [-0.2, -0.15) is 0 Å². The van der Waals surface area contributed by atoms with Crippen LogP contribution in [-0.2, 0) is 0 Å². The molecule has 0 fully saturated rings. The minimum Gasteiger partial charge on any atom is -0.399 e. The van der Waals surface area contributed by atoms with E-state index in [2.05, 4.69) is 0 Å². The van der Waals surface area contributed by atoms with Crippen LogP contribution in [0.5, 0.6) is 0 Å². The Morgan fingerprint density at radius 1 is 0.355 bits per heavy atom. The van der Waals surface area contributed by atoms with E-state index in [1.54, 1.807) is 0 Å². The Kier molecular flexibility index (Phi) is 11.4. The predicted octanol–water partition coefficient (Wildman–Crippen LogP) is 6.00. The quantitative estimate of drug-likeness (QED) is 0.265. The number of nitrogen functional groups attached to an aromatic ring is 4. The molecule has 0 heterocycles. The molecule has 0 saturated carbocycles. The van der Waals surface area contributed by atoms with E-state index < -0.39 is 0 Å². The zero-order chi connectivity index (χ0) is 23.1. The smallest absolute Gasteiger partial charge is 0.0343 e. The second kappa shape index (κ2) is 14.1. The summed E-state index contributed by atoms with van der Waals surface area (Å²) in [4.78, 5) is 0. The molecule has 4 aromatic rings. The molecule has 31 heavy (non-hydrogen) atoms. The van der Waals surface area contributed by atoms with Gasteiger partial charge in [0.2, 0.25) is 0 Å². The Morgan fingerprint density at radius 3 is 0.774 bits per heavy atom. The molecular weight excluding hydrogens is 380 g/mol. The van der Waals surface area contributed by atoms with Crippen molar-refractivity contribution in [3.63, 3.8) is 0 Å². The maximum absolute atomic E-state index is 5.52. The highest BCUT2D eigenvalue weighted by Gasteiger charge is 1.86. The lowest BCUT2D eigenvalue weighted by atomic mass is 10.2. The first-order chi connectivity index (χ1) is 14.8. The predicted molar refractivity (Wildman–Crippen MR) is 138 cm³/mol. The van der Waals surface area contributed by atoms with Gasteiger partial charge in [-0.05, 0) is 67.8 Å². The van der Waals surface area contributed by atoms with Gasteiger partial charge in [0.15, 0.2) is 0 Å². The molecule has 0 aliphatic heterocycles. The summed E-state index contributed by atoms with van der Waals surface area (Å²) >= 11 is 0. The second-order valence-electron chi connectivity index (χ2n) is 6.98. The SMILES string of the molecule is Cc1ccccc1N.Cc1ccccc1N.Cc1ccccc1N.Nc1ccccc1. The van der Waals surface area contributed by atoms with Gasteiger partial charge in [0, 0.05) is 22.7 Å². The minimum atomic E-state index is 0.822. The molecule has 4 rings (SSSR count). The molecule has 162 valence electrons. The molecule has 0 atom stereocenters. The van der Waals surface area contributed by atoms with Gasteiger partial charge in [-0.25, -0.2) is 0 Å². The first-order valence-corrected chi connectivity index (χ1v) is 10.0. The van der Waals surface area contributed by atoms with Crippen molar-refractivity contribution in [2.45, 2.75) is 20.8 Å². The van der Waals surface area contributed by atoms with E-state index in [4.69, 9.17) is 22.9 Å². The molecule has 0 amide bonds. The number of aryl methyl sites for hydroxylation is 3. The Labute approximate surface area is 186 Å². The topological polar surface area (TPSA) is 104 Å². The van der Waals surface area contributed by atoms with Gasteiger partial charge < -0.3 is 22.9 Å². The summed E-state index contributed by atoms with van der Waals surface area (Å²) in [6.07, 6.45) is 0. The number of hydrogen-bond donors (Lipinski definition) is 4. The lowest BCUT2D eigenvalue weighted by Gasteiger charge is -1.93. The molecule has 0 aromatic heterocycles. The summed E-state index contributed by atoms with van der Waals surface area (Å²) in [5, 5.41) is 0.